The Hall–Kier alpha value is -2.32. The van der Waals surface area contributed by atoms with Gasteiger partial charge in [-0.2, -0.15) is 0 Å². The third kappa shape index (κ3) is 3.76. The molecule has 1 saturated heterocycles. The fourth-order valence-corrected chi connectivity index (χ4v) is 3.52. The normalized spacial score (nSPS) is 21.8. The van der Waals surface area contributed by atoms with Gasteiger partial charge in [0.25, 0.3) is 0 Å². The lowest BCUT2D eigenvalue weighted by molar-refractivity contribution is 0.189. The van der Waals surface area contributed by atoms with Crippen LogP contribution in [0.15, 0.2) is 18.3 Å². The molecule has 0 aliphatic carbocycles. The SMILES string of the molecule is Cc1cc(N2[C@H](C)CN(c3ccnc([C@@H](C)O)n3)C[C@@H]2C)nc(CO)n1. The van der Waals surface area contributed by atoms with Gasteiger partial charge in [0.2, 0.25) is 0 Å². The van der Waals surface area contributed by atoms with Crippen LogP contribution in [0.25, 0.3) is 0 Å². The summed E-state index contributed by atoms with van der Waals surface area (Å²) in [5.41, 5.74) is 0.846. The zero-order valence-electron chi connectivity index (χ0n) is 15.7. The highest BCUT2D eigenvalue weighted by Gasteiger charge is 2.31. The molecule has 0 unspecified atom stereocenters. The molecule has 2 aromatic rings. The molecule has 1 fully saturated rings. The number of aryl methyl sites for hydroxylation is 1. The first-order valence-corrected chi connectivity index (χ1v) is 8.88. The molecule has 26 heavy (non-hydrogen) atoms. The number of hydrogen-bond acceptors (Lipinski definition) is 8. The molecular formula is C18H26N6O2. The summed E-state index contributed by atoms with van der Waals surface area (Å²) in [5, 5.41) is 19.1. The van der Waals surface area contributed by atoms with Gasteiger partial charge in [-0.1, -0.05) is 0 Å². The van der Waals surface area contributed by atoms with Gasteiger partial charge in [0.15, 0.2) is 11.6 Å². The average Bonchev–Trinajstić information content (AvgIpc) is 2.60. The predicted octanol–water partition coefficient (Wildman–Crippen LogP) is 1.22. The average molecular weight is 358 g/mol. The van der Waals surface area contributed by atoms with Gasteiger partial charge < -0.3 is 20.0 Å². The molecule has 3 atom stereocenters. The molecule has 8 heteroatoms. The van der Waals surface area contributed by atoms with Crippen LogP contribution in [0.4, 0.5) is 11.6 Å². The maximum absolute atomic E-state index is 9.73. The van der Waals surface area contributed by atoms with Crippen LogP contribution in [0.2, 0.25) is 0 Å². The summed E-state index contributed by atoms with van der Waals surface area (Å²) in [4.78, 5) is 21.8. The van der Waals surface area contributed by atoms with E-state index >= 15 is 0 Å². The molecule has 2 aromatic heterocycles. The van der Waals surface area contributed by atoms with Crippen LogP contribution < -0.4 is 9.80 Å². The van der Waals surface area contributed by atoms with E-state index in [1.807, 2.05) is 19.1 Å². The third-order valence-electron chi connectivity index (χ3n) is 4.57. The van der Waals surface area contributed by atoms with Gasteiger partial charge >= 0.3 is 0 Å². The van der Waals surface area contributed by atoms with Crippen LogP contribution in [-0.2, 0) is 6.61 Å². The summed E-state index contributed by atoms with van der Waals surface area (Å²) in [5.74, 6) is 2.54. The number of rotatable bonds is 4. The molecule has 3 heterocycles. The van der Waals surface area contributed by atoms with Gasteiger partial charge in [0, 0.05) is 43.1 Å². The Labute approximate surface area is 153 Å². The molecule has 1 aliphatic rings. The maximum Gasteiger partial charge on any atom is 0.158 e. The molecule has 0 spiro atoms. The largest absolute Gasteiger partial charge is 0.388 e. The molecule has 0 amide bonds. The van der Waals surface area contributed by atoms with E-state index in [4.69, 9.17) is 0 Å². The summed E-state index contributed by atoms with van der Waals surface area (Å²) in [7, 11) is 0. The zero-order chi connectivity index (χ0) is 18.8. The molecule has 3 rings (SSSR count). The van der Waals surface area contributed by atoms with Crippen molar-refractivity contribution in [3.8, 4) is 0 Å². The fraction of sp³-hybridized carbons (Fsp3) is 0.556. The lowest BCUT2D eigenvalue weighted by Crippen LogP contribution is -2.57. The standard InChI is InChI=1S/C18H26N6O2/c1-11-7-17(21-15(10-25)20-11)24-12(2)8-23(9-13(24)3)16-5-6-19-18(22-16)14(4)26/h5-7,12-14,25-26H,8-10H2,1-4H3/t12-,13+,14-/m1/s1. The highest BCUT2D eigenvalue weighted by molar-refractivity contribution is 5.48. The topological polar surface area (TPSA) is 98.5 Å². The second kappa shape index (κ2) is 7.51. The fourth-order valence-electron chi connectivity index (χ4n) is 3.52. The summed E-state index contributed by atoms with van der Waals surface area (Å²) < 4.78 is 0. The summed E-state index contributed by atoms with van der Waals surface area (Å²) in [6, 6.07) is 4.23. The van der Waals surface area contributed by atoms with Crippen molar-refractivity contribution in [1.29, 1.82) is 0 Å². The van der Waals surface area contributed by atoms with Gasteiger partial charge in [0.1, 0.15) is 24.3 Å². The maximum atomic E-state index is 9.73. The van der Waals surface area contributed by atoms with Crippen molar-refractivity contribution in [3.63, 3.8) is 0 Å². The van der Waals surface area contributed by atoms with E-state index in [0.29, 0.717) is 11.6 Å². The van der Waals surface area contributed by atoms with E-state index in [1.54, 1.807) is 13.1 Å². The van der Waals surface area contributed by atoms with Crippen molar-refractivity contribution >= 4 is 11.6 Å². The van der Waals surface area contributed by atoms with Crippen LogP contribution in [0, 0.1) is 6.92 Å². The van der Waals surface area contributed by atoms with Crippen LogP contribution in [0.5, 0.6) is 0 Å². The summed E-state index contributed by atoms with van der Waals surface area (Å²) >= 11 is 0. The van der Waals surface area contributed by atoms with Gasteiger partial charge in [-0.15, -0.1) is 0 Å². The van der Waals surface area contributed by atoms with Crippen LogP contribution in [-0.4, -0.2) is 55.3 Å². The number of aliphatic hydroxyl groups is 2. The highest BCUT2D eigenvalue weighted by atomic mass is 16.3. The Kier molecular flexibility index (Phi) is 5.33. The number of hydrogen-bond donors (Lipinski definition) is 2. The number of aromatic nitrogens is 4. The molecule has 0 saturated carbocycles. The monoisotopic (exact) mass is 358 g/mol. The number of anilines is 2. The van der Waals surface area contributed by atoms with E-state index < -0.39 is 6.10 Å². The summed E-state index contributed by atoms with van der Waals surface area (Å²) in [6.07, 6.45) is 1.000. The Morgan fingerprint density at radius 3 is 2.46 bits per heavy atom. The van der Waals surface area contributed by atoms with Gasteiger partial charge in [-0.3, -0.25) is 0 Å². The smallest absolute Gasteiger partial charge is 0.158 e. The molecule has 140 valence electrons. The van der Waals surface area contributed by atoms with Crippen molar-refractivity contribution in [1.82, 2.24) is 19.9 Å². The molecule has 0 bridgehead atoms. The Balaban J connectivity index is 1.84. The Morgan fingerprint density at radius 2 is 1.85 bits per heavy atom. The molecule has 0 radical (unpaired) electrons. The predicted molar refractivity (Wildman–Crippen MR) is 99.0 cm³/mol. The van der Waals surface area contributed by atoms with E-state index in [1.165, 1.54) is 0 Å². The van der Waals surface area contributed by atoms with Crippen LogP contribution >= 0.6 is 0 Å². The van der Waals surface area contributed by atoms with Crippen LogP contribution in [0.3, 0.4) is 0 Å². The van der Waals surface area contributed by atoms with Crippen molar-refractivity contribution < 1.29 is 10.2 Å². The summed E-state index contributed by atoms with van der Waals surface area (Å²) in [6.45, 7) is 9.26. The first-order chi connectivity index (χ1) is 12.4. The van der Waals surface area contributed by atoms with E-state index in [0.717, 1.165) is 30.4 Å². The van der Waals surface area contributed by atoms with Gasteiger partial charge in [0.05, 0.1) is 0 Å². The molecule has 0 aromatic carbocycles. The zero-order valence-corrected chi connectivity index (χ0v) is 15.7. The van der Waals surface area contributed by atoms with Crippen molar-refractivity contribution in [3.05, 3.63) is 35.7 Å². The molecule has 1 aliphatic heterocycles. The van der Waals surface area contributed by atoms with Crippen molar-refractivity contribution in [2.24, 2.45) is 0 Å². The molecule has 2 N–H and O–H groups in total. The second-order valence-corrected chi connectivity index (χ2v) is 6.90. The molecular weight excluding hydrogens is 332 g/mol. The lowest BCUT2D eigenvalue weighted by Gasteiger charge is -2.45. The van der Waals surface area contributed by atoms with E-state index in [2.05, 4.69) is 43.6 Å². The third-order valence-corrected chi connectivity index (χ3v) is 4.57. The Morgan fingerprint density at radius 1 is 1.15 bits per heavy atom. The lowest BCUT2D eigenvalue weighted by atomic mass is 10.1. The van der Waals surface area contributed by atoms with Gasteiger partial charge in [-0.25, -0.2) is 19.9 Å². The first-order valence-electron chi connectivity index (χ1n) is 8.88. The van der Waals surface area contributed by atoms with Crippen molar-refractivity contribution in [2.45, 2.75) is 52.5 Å². The number of nitrogens with zero attached hydrogens (tertiary/aromatic N) is 6. The molecule has 8 nitrogen and oxygen atoms in total. The quantitative estimate of drug-likeness (QED) is 0.842. The first kappa shape index (κ1) is 18.5. The number of piperazine rings is 1. The van der Waals surface area contributed by atoms with E-state index in [-0.39, 0.29) is 18.7 Å². The minimum absolute atomic E-state index is 0.166. The van der Waals surface area contributed by atoms with Gasteiger partial charge in [-0.05, 0) is 33.8 Å². The van der Waals surface area contributed by atoms with E-state index in [9.17, 15) is 10.2 Å². The second-order valence-electron chi connectivity index (χ2n) is 6.90. The van der Waals surface area contributed by atoms with Crippen LogP contribution in [0.1, 0.15) is 44.2 Å². The van der Waals surface area contributed by atoms with Crippen molar-refractivity contribution in [2.75, 3.05) is 22.9 Å². The highest BCUT2D eigenvalue weighted by Crippen LogP contribution is 2.26. The Bertz CT molecular complexity index is 757. The minimum Gasteiger partial charge on any atom is -0.388 e. The minimum atomic E-state index is -0.688. The number of aliphatic hydroxyl groups excluding tert-OH is 2.